The Morgan fingerprint density at radius 3 is 1.41 bits per heavy atom. The maximum Gasteiger partial charge on any atom is 0.373 e. The molecule has 0 radical (unpaired) electrons. The Hall–Kier alpha value is -9.79. The molecule has 0 aromatic heterocycles. The largest absolute Gasteiger partial charge is 0.376 e. The van der Waals surface area contributed by atoms with Gasteiger partial charge >= 0.3 is 6.15 Å². The van der Waals surface area contributed by atoms with Gasteiger partial charge in [-0.25, -0.2) is 4.39 Å². The molecule has 0 bridgehead atoms. The number of aryl methyl sites for hydroxylation is 1. The van der Waals surface area contributed by atoms with E-state index in [1.165, 1.54) is 98.9 Å². The Kier molecular flexibility index (Phi) is 44.8. The third-order valence-electron chi connectivity index (χ3n) is 16.1. The summed E-state index contributed by atoms with van der Waals surface area (Å²) in [6.07, 6.45) is 23.5. The van der Waals surface area contributed by atoms with Crippen LogP contribution in [0.25, 0.3) is 22.9 Å². The fraction of sp³-hybridized carbons (Fsp3) is 0.280. The van der Waals surface area contributed by atoms with E-state index in [1.807, 2.05) is 59.7 Å². The lowest BCUT2D eigenvalue weighted by atomic mass is 10.0. The average Bonchev–Trinajstić information content (AvgIpc) is 0.955. The number of allylic oxidation sites excluding steroid dienone is 2. The van der Waals surface area contributed by atoms with Crippen molar-refractivity contribution in [3.63, 3.8) is 0 Å². The maximum absolute atomic E-state index is 13.0. The van der Waals surface area contributed by atoms with Crippen molar-refractivity contribution >= 4 is 29.1 Å². The quantitative estimate of drug-likeness (QED) is 0.0565. The highest BCUT2D eigenvalue weighted by Crippen LogP contribution is 2.21. The second-order valence-corrected chi connectivity index (χ2v) is 23.9. The van der Waals surface area contributed by atoms with E-state index in [9.17, 15) is 4.39 Å². The molecule has 1 aliphatic heterocycles. The lowest BCUT2D eigenvalue weighted by Gasteiger charge is -2.21. The highest BCUT2D eigenvalue weighted by molar-refractivity contribution is 5.85. The Bertz CT molecular complexity index is 3740. The van der Waals surface area contributed by atoms with E-state index in [0.29, 0.717) is 0 Å². The van der Waals surface area contributed by atoms with Crippen molar-refractivity contribution in [2.45, 2.75) is 120 Å². The van der Waals surface area contributed by atoms with Gasteiger partial charge in [-0.05, 0) is 131 Å². The second-order valence-electron chi connectivity index (χ2n) is 23.9. The van der Waals surface area contributed by atoms with Crippen molar-refractivity contribution in [2.75, 3.05) is 52.9 Å². The minimum atomic E-state index is -0.177. The van der Waals surface area contributed by atoms with Crippen LogP contribution in [0.2, 0.25) is 0 Å². The summed E-state index contributed by atoms with van der Waals surface area (Å²) in [6, 6.07) is 94.2. The monoisotopic (exact) mass is 1350 g/mol. The van der Waals surface area contributed by atoms with Crippen LogP contribution in [0.5, 0.6) is 0 Å². The predicted molar refractivity (Wildman–Crippen MR) is 430 cm³/mol. The van der Waals surface area contributed by atoms with Crippen LogP contribution in [-0.4, -0.2) is 83.5 Å². The van der Waals surface area contributed by atoms with Crippen LogP contribution in [0.4, 0.5) is 4.39 Å². The van der Waals surface area contributed by atoms with Gasteiger partial charge in [0, 0.05) is 72.5 Å². The SMILES string of the molecule is C(=C\c1ccccc1)/CN(Cc1ccccc1)Cc1ccccc1.CC.CC.CC.CCCCN(/C=C/Cc1ccccc1)Cc1ccc(F)cc1.CN(/C=C/Cc1ccccc1)Cc1cccc2ccccc12.Cc1ccc(CN2CCCN(C/C=C/c3ccccc3)CC2)cc1.O=C=O. The molecule has 10 aromatic carbocycles. The van der Waals surface area contributed by atoms with Gasteiger partial charge in [-0.2, -0.15) is 9.59 Å². The topological polar surface area (TPSA) is 50.3 Å². The molecule has 1 saturated heterocycles. The third-order valence-corrected chi connectivity index (χ3v) is 16.1. The van der Waals surface area contributed by atoms with Crippen LogP contribution in [-0.2, 0) is 55.2 Å². The Balaban J connectivity index is 0.000000275. The Morgan fingerprint density at radius 2 is 0.871 bits per heavy atom. The number of carbonyl (C=O) groups excluding carboxylic acids is 2. The summed E-state index contributed by atoms with van der Waals surface area (Å²) in [6.45, 7) is 28.8. The summed E-state index contributed by atoms with van der Waals surface area (Å²) < 4.78 is 13.0. The summed E-state index contributed by atoms with van der Waals surface area (Å²) in [5.41, 5.74) is 13.2. The first kappa shape index (κ1) is 83.6. The molecule has 1 aliphatic rings. The molecule has 0 N–H and O–H groups in total. The van der Waals surface area contributed by atoms with E-state index < -0.39 is 0 Å². The van der Waals surface area contributed by atoms with Gasteiger partial charge in [0.2, 0.25) is 0 Å². The fourth-order valence-electron chi connectivity index (χ4n) is 11.1. The highest BCUT2D eigenvalue weighted by Gasteiger charge is 2.14. The smallest absolute Gasteiger partial charge is 0.373 e. The van der Waals surface area contributed by atoms with E-state index >= 15 is 0 Å². The highest BCUT2D eigenvalue weighted by atomic mass is 19.1. The zero-order valence-corrected chi connectivity index (χ0v) is 62.1. The lowest BCUT2D eigenvalue weighted by molar-refractivity contribution is -0.191. The molecule has 1 fully saturated rings. The van der Waals surface area contributed by atoms with E-state index in [2.05, 4.69) is 337 Å². The van der Waals surface area contributed by atoms with Gasteiger partial charge in [-0.15, -0.1) is 0 Å². The molecule has 530 valence electrons. The first-order valence-electron chi connectivity index (χ1n) is 36.5. The lowest BCUT2D eigenvalue weighted by Crippen LogP contribution is -2.30. The Labute approximate surface area is 608 Å². The van der Waals surface area contributed by atoms with E-state index in [1.54, 1.807) is 0 Å². The third kappa shape index (κ3) is 36.7. The number of unbranched alkanes of at least 4 members (excludes halogenated alkanes) is 1. The molecule has 0 aliphatic carbocycles. The fourth-order valence-corrected chi connectivity index (χ4v) is 11.1. The van der Waals surface area contributed by atoms with Gasteiger partial charge in [-0.3, -0.25) is 14.7 Å². The van der Waals surface area contributed by atoms with Gasteiger partial charge in [0.15, 0.2) is 0 Å². The predicted octanol–water partition coefficient (Wildman–Crippen LogP) is 22.3. The van der Waals surface area contributed by atoms with Crippen molar-refractivity contribution in [3.05, 3.63) is 371 Å². The molecule has 1 heterocycles. The molecule has 0 amide bonds. The molecule has 0 saturated carbocycles. The molecule has 10 aromatic rings. The van der Waals surface area contributed by atoms with Gasteiger partial charge in [0.05, 0.1) is 0 Å². The van der Waals surface area contributed by atoms with E-state index in [4.69, 9.17) is 9.59 Å². The van der Waals surface area contributed by atoms with Crippen LogP contribution < -0.4 is 0 Å². The van der Waals surface area contributed by atoms with Crippen LogP contribution in [0, 0.1) is 12.7 Å². The molecular weight excluding hydrogens is 1240 g/mol. The van der Waals surface area contributed by atoms with E-state index in [0.717, 1.165) is 90.3 Å². The van der Waals surface area contributed by atoms with Crippen molar-refractivity contribution < 1.29 is 14.0 Å². The number of fused-ring (bicyclic) bond motifs is 1. The molecule has 8 heteroatoms. The van der Waals surface area contributed by atoms with Gasteiger partial charge in [0.1, 0.15) is 5.82 Å². The van der Waals surface area contributed by atoms with Crippen LogP contribution in [0.15, 0.2) is 310 Å². The van der Waals surface area contributed by atoms with Crippen LogP contribution in [0.3, 0.4) is 0 Å². The van der Waals surface area contributed by atoms with Crippen molar-refractivity contribution in [1.82, 2.24) is 24.5 Å². The Morgan fingerprint density at radius 1 is 0.436 bits per heavy atom. The number of nitrogens with zero attached hydrogens (tertiary/aromatic N) is 5. The molecule has 7 nitrogen and oxygen atoms in total. The second kappa shape index (κ2) is 54.1. The van der Waals surface area contributed by atoms with Gasteiger partial charge in [0.25, 0.3) is 0 Å². The number of benzene rings is 10. The minimum Gasteiger partial charge on any atom is -0.376 e. The number of hydrogen-bond donors (Lipinski definition) is 0. The summed E-state index contributed by atoms with van der Waals surface area (Å²) in [7, 11) is 2.13. The molecule has 11 rings (SSSR count). The summed E-state index contributed by atoms with van der Waals surface area (Å²) in [4.78, 5) is 28.4. The first-order chi connectivity index (χ1) is 49.7. The van der Waals surface area contributed by atoms with Crippen LogP contribution in [0.1, 0.15) is 123 Å². The molecule has 0 atom stereocenters. The van der Waals surface area contributed by atoms with Crippen LogP contribution >= 0.6 is 0 Å². The molecular formula is C93H114FN5O2. The number of rotatable bonds is 25. The van der Waals surface area contributed by atoms with Crippen molar-refractivity contribution in [2.24, 2.45) is 0 Å². The summed E-state index contributed by atoms with van der Waals surface area (Å²) in [5, 5.41) is 2.65. The van der Waals surface area contributed by atoms with Crippen molar-refractivity contribution in [1.29, 1.82) is 0 Å². The van der Waals surface area contributed by atoms with Gasteiger partial charge < -0.3 is 9.80 Å². The minimum absolute atomic E-state index is 0.177. The molecule has 101 heavy (non-hydrogen) atoms. The maximum atomic E-state index is 13.0. The summed E-state index contributed by atoms with van der Waals surface area (Å²) >= 11 is 0. The summed E-state index contributed by atoms with van der Waals surface area (Å²) in [5.74, 6) is -0.177. The zero-order chi connectivity index (χ0) is 72.6. The number of halogens is 1. The van der Waals surface area contributed by atoms with E-state index in [-0.39, 0.29) is 12.0 Å². The normalized spacial score (nSPS) is 11.8. The average molecular weight is 1350 g/mol. The molecule has 0 unspecified atom stereocenters. The van der Waals surface area contributed by atoms with Gasteiger partial charge in [-0.1, -0.05) is 358 Å². The number of hydrogen-bond acceptors (Lipinski definition) is 7. The first-order valence-corrected chi connectivity index (χ1v) is 36.5. The standard InChI is InChI=1S/C23H23N.C22H28N2.C21H21N.C20H24FN.3C2H6.CO2/c1-4-11-21(12-5-1)17-10-18-24(19-22-13-6-2-7-14-22)20-23-15-8-3-9-16-23;1-20-10-12-22(13-11-20)19-24-16-6-15-23(17-18-24)14-5-9-21-7-3-2-4-8-21;1-22(16-8-11-18-9-3-2-4-10-18)17-20-14-7-13-19-12-5-6-15-21(19)20;1-2-3-15-22(17-19-11-13-20(21)14-12-19)16-7-10-18-8-5-4-6-9-18;3*1-2;2-1-3/h1-17H,18-20H2;2-5,7-13H,6,14-19H2,1H3;2-10,12-16H,11,17H2,1H3;4-9,11-14,16H,2-3,10,15,17H2,1H3;3*1-2H3;/b17-10+;9-5+;16-8+;16-7+;;;;. The van der Waals surface area contributed by atoms with Crippen molar-refractivity contribution in [3.8, 4) is 0 Å². The zero-order valence-electron chi connectivity index (χ0n) is 62.1. The molecule has 0 spiro atoms.